The van der Waals surface area contributed by atoms with Gasteiger partial charge in [-0.15, -0.1) is 0 Å². The van der Waals surface area contributed by atoms with Gasteiger partial charge in [0, 0.05) is 5.69 Å². The Balaban J connectivity index is 2.62. The summed E-state index contributed by atoms with van der Waals surface area (Å²) in [6.07, 6.45) is 0. The molecule has 0 aliphatic rings. The van der Waals surface area contributed by atoms with Crippen molar-refractivity contribution in [3.63, 3.8) is 0 Å². The molecule has 0 aliphatic carbocycles. The second kappa shape index (κ2) is 7.01. The van der Waals surface area contributed by atoms with Crippen molar-refractivity contribution in [2.24, 2.45) is 5.73 Å². The minimum absolute atomic E-state index is 0.0177. The van der Waals surface area contributed by atoms with Gasteiger partial charge >= 0.3 is 0 Å². The Morgan fingerprint density at radius 2 is 1.75 bits per heavy atom. The molecule has 1 aromatic carbocycles. The van der Waals surface area contributed by atoms with Crippen LogP contribution in [0.4, 0.5) is 5.69 Å². The van der Waals surface area contributed by atoms with Gasteiger partial charge in [0.2, 0.25) is 11.8 Å². The molecule has 7 nitrogen and oxygen atoms in total. The Hall–Kier alpha value is -1.93. The lowest BCUT2D eigenvalue weighted by Crippen LogP contribution is -2.36. The van der Waals surface area contributed by atoms with E-state index in [4.69, 9.17) is 5.73 Å². The first-order valence-electron chi connectivity index (χ1n) is 5.98. The van der Waals surface area contributed by atoms with Gasteiger partial charge in [0.05, 0.1) is 23.7 Å². The molecule has 110 valence electrons. The average molecular weight is 299 g/mol. The summed E-state index contributed by atoms with van der Waals surface area (Å²) in [5, 5.41) is 4.85. The Morgan fingerprint density at radius 1 is 1.15 bits per heavy atom. The topological polar surface area (TPSA) is 118 Å². The smallest absolute Gasteiger partial charge is 0.243 e. The fourth-order valence-corrected chi connectivity index (χ4v) is 2.25. The van der Waals surface area contributed by atoms with Gasteiger partial charge in [-0.25, -0.2) is 8.42 Å². The highest BCUT2D eigenvalue weighted by Crippen LogP contribution is 2.15. The third kappa shape index (κ3) is 4.63. The molecule has 0 saturated heterocycles. The minimum atomic E-state index is -3.25. The van der Waals surface area contributed by atoms with Crippen LogP contribution in [0.5, 0.6) is 0 Å². The van der Waals surface area contributed by atoms with E-state index in [1.807, 2.05) is 0 Å². The average Bonchev–Trinajstić information content (AvgIpc) is 2.45. The van der Waals surface area contributed by atoms with Crippen LogP contribution in [0, 0.1) is 0 Å². The molecule has 0 aliphatic heterocycles. The molecule has 4 N–H and O–H groups in total. The first kappa shape index (κ1) is 16.1. The van der Waals surface area contributed by atoms with Crippen LogP contribution in [0.2, 0.25) is 0 Å². The number of benzene rings is 1. The number of anilines is 1. The minimum Gasteiger partial charge on any atom is -0.346 e. The van der Waals surface area contributed by atoms with Crippen LogP contribution in [0.3, 0.4) is 0 Å². The predicted octanol–water partition coefficient (Wildman–Crippen LogP) is -0.506. The van der Waals surface area contributed by atoms with E-state index in [1.54, 1.807) is 6.92 Å². The Labute approximate surface area is 117 Å². The number of hydrogen-bond acceptors (Lipinski definition) is 5. The van der Waals surface area contributed by atoms with E-state index in [0.29, 0.717) is 5.69 Å². The van der Waals surface area contributed by atoms with Gasteiger partial charge in [0.15, 0.2) is 9.84 Å². The maximum Gasteiger partial charge on any atom is 0.243 e. The zero-order valence-corrected chi connectivity index (χ0v) is 11.9. The van der Waals surface area contributed by atoms with E-state index in [1.165, 1.54) is 24.3 Å². The fraction of sp³-hybridized carbons (Fsp3) is 0.333. The highest BCUT2D eigenvalue weighted by Gasteiger charge is 2.11. The van der Waals surface area contributed by atoms with Gasteiger partial charge in [-0.2, -0.15) is 0 Å². The molecule has 8 heteroatoms. The van der Waals surface area contributed by atoms with E-state index in [-0.39, 0.29) is 23.7 Å². The molecule has 0 heterocycles. The van der Waals surface area contributed by atoms with Crippen molar-refractivity contribution < 1.29 is 18.0 Å². The zero-order chi connectivity index (χ0) is 15.2. The Bertz CT molecular complexity index is 581. The molecule has 0 saturated carbocycles. The quantitative estimate of drug-likeness (QED) is 0.654. The number of carbonyl (C=O) groups is 2. The first-order valence-corrected chi connectivity index (χ1v) is 7.63. The van der Waals surface area contributed by atoms with E-state index in [9.17, 15) is 18.0 Å². The lowest BCUT2D eigenvalue weighted by molar-refractivity contribution is -0.123. The molecule has 0 fully saturated rings. The highest BCUT2D eigenvalue weighted by atomic mass is 32.2. The molecule has 1 rings (SSSR count). The van der Waals surface area contributed by atoms with Crippen LogP contribution in [0.1, 0.15) is 6.92 Å². The number of amides is 2. The predicted molar refractivity (Wildman–Crippen MR) is 74.9 cm³/mol. The van der Waals surface area contributed by atoms with E-state index in [2.05, 4.69) is 10.6 Å². The molecular weight excluding hydrogens is 282 g/mol. The zero-order valence-electron chi connectivity index (χ0n) is 11.0. The maximum atomic E-state index is 11.6. The molecule has 0 atom stereocenters. The number of nitrogens with two attached hydrogens (primary N) is 1. The van der Waals surface area contributed by atoms with Crippen LogP contribution in [-0.4, -0.2) is 39.1 Å². The summed E-state index contributed by atoms with van der Waals surface area (Å²) in [5.74, 6) is -0.827. The molecular formula is C12H17N3O4S. The largest absolute Gasteiger partial charge is 0.346 e. The van der Waals surface area contributed by atoms with Crippen molar-refractivity contribution in [2.75, 3.05) is 24.2 Å². The normalized spacial score (nSPS) is 10.9. The summed E-state index contributed by atoms with van der Waals surface area (Å²) in [6, 6.07) is 5.83. The van der Waals surface area contributed by atoms with Crippen molar-refractivity contribution >= 4 is 27.3 Å². The van der Waals surface area contributed by atoms with E-state index < -0.39 is 21.7 Å². The number of hydrogen-bond donors (Lipinski definition) is 3. The molecule has 0 aromatic heterocycles. The number of nitrogens with one attached hydrogen (secondary N) is 2. The highest BCUT2D eigenvalue weighted by molar-refractivity contribution is 7.91. The summed E-state index contributed by atoms with van der Waals surface area (Å²) in [6.45, 7) is 1.19. The molecule has 0 spiro atoms. The van der Waals surface area contributed by atoms with Crippen molar-refractivity contribution in [2.45, 2.75) is 11.8 Å². The summed E-state index contributed by atoms with van der Waals surface area (Å²) in [4.78, 5) is 22.6. The summed E-state index contributed by atoms with van der Waals surface area (Å²) in [5.41, 5.74) is 5.53. The maximum absolute atomic E-state index is 11.6. The first-order chi connectivity index (χ1) is 9.39. The summed E-state index contributed by atoms with van der Waals surface area (Å²) < 4.78 is 23.2. The second-order valence-corrected chi connectivity index (χ2v) is 6.24. The Morgan fingerprint density at radius 3 is 2.25 bits per heavy atom. The van der Waals surface area contributed by atoms with Crippen LogP contribution >= 0.6 is 0 Å². The monoisotopic (exact) mass is 299 g/mol. The Kier molecular flexibility index (Phi) is 5.66. The van der Waals surface area contributed by atoms with Gasteiger partial charge in [-0.05, 0) is 24.3 Å². The lowest BCUT2D eigenvalue weighted by Gasteiger charge is -2.07. The van der Waals surface area contributed by atoms with E-state index >= 15 is 0 Å². The molecule has 2 amide bonds. The van der Waals surface area contributed by atoms with Crippen molar-refractivity contribution in [3.8, 4) is 0 Å². The van der Waals surface area contributed by atoms with Crippen molar-refractivity contribution in [1.82, 2.24) is 5.32 Å². The van der Waals surface area contributed by atoms with Gasteiger partial charge < -0.3 is 16.4 Å². The van der Waals surface area contributed by atoms with Gasteiger partial charge in [-0.3, -0.25) is 9.59 Å². The third-order valence-electron chi connectivity index (χ3n) is 2.51. The van der Waals surface area contributed by atoms with Gasteiger partial charge in [-0.1, -0.05) is 6.92 Å². The van der Waals surface area contributed by atoms with Crippen molar-refractivity contribution in [1.29, 1.82) is 0 Å². The molecule has 20 heavy (non-hydrogen) atoms. The molecule has 1 aromatic rings. The van der Waals surface area contributed by atoms with E-state index in [0.717, 1.165) is 0 Å². The molecule has 0 radical (unpaired) electrons. The van der Waals surface area contributed by atoms with Gasteiger partial charge in [0.25, 0.3) is 0 Å². The van der Waals surface area contributed by atoms with Crippen LogP contribution in [-0.2, 0) is 19.4 Å². The number of carbonyl (C=O) groups excluding carboxylic acids is 2. The lowest BCUT2D eigenvalue weighted by atomic mass is 10.3. The number of rotatable bonds is 6. The number of sulfone groups is 1. The fourth-order valence-electron chi connectivity index (χ4n) is 1.37. The van der Waals surface area contributed by atoms with Crippen LogP contribution < -0.4 is 16.4 Å². The van der Waals surface area contributed by atoms with Crippen LogP contribution in [0.25, 0.3) is 0 Å². The standard InChI is InChI=1S/C12H17N3O4S/c1-2-20(18,19)10-5-3-9(4-6-10)15-12(17)8-14-11(16)7-13/h3-6H,2,7-8,13H2,1H3,(H,14,16)(H,15,17). The SMILES string of the molecule is CCS(=O)(=O)c1ccc(NC(=O)CNC(=O)CN)cc1. The third-order valence-corrected chi connectivity index (χ3v) is 4.26. The summed E-state index contributed by atoms with van der Waals surface area (Å²) >= 11 is 0. The van der Waals surface area contributed by atoms with Crippen LogP contribution in [0.15, 0.2) is 29.2 Å². The van der Waals surface area contributed by atoms with Gasteiger partial charge in [0.1, 0.15) is 0 Å². The second-order valence-electron chi connectivity index (χ2n) is 3.96. The van der Waals surface area contributed by atoms with Crippen molar-refractivity contribution in [3.05, 3.63) is 24.3 Å². The molecule has 0 bridgehead atoms. The molecule has 0 unspecified atom stereocenters. The summed E-state index contributed by atoms with van der Waals surface area (Å²) in [7, 11) is -3.25.